The molecule has 1 atom stereocenters. The van der Waals surface area contributed by atoms with E-state index in [9.17, 15) is 9.18 Å². The summed E-state index contributed by atoms with van der Waals surface area (Å²) < 4.78 is 12.7. The van der Waals surface area contributed by atoms with Crippen molar-refractivity contribution < 1.29 is 9.18 Å². The van der Waals surface area contributed by atoms with Gasteiger partial charge in [0.25, 0.3) is 0 Å². The first-order chi connectivity index (χ1) is 8.79. The fourth-order valence-electron chi connectivity index (χ4n) is 1.39. The van der Waals surface area contributed by atoms with Crippen LogP contribution in [0.1, 0.15) is 39.7 Å². The summed E-state index contributed by atoms with van der Waals surface area (Å²) in [6.45, 7) is 8.27. The summed E-state index contributed by atoms with van der Waals surface area (Å²) in [4.78, 5) is 11.7. The average Bonchev–Trinajstić information content (AvgIpc) is 2.30. The monoisotopic (exact) mass is 263 g/mol. The van der Waals surface area contributed by atoms with E-state index in [1.807, 2.05) is 13.0 Å². The maximum absolute atomic E-state index is 12.7. The van der Waals surface area contributed by atoms with E-state index in [0.717, 1.165) is 5.56 Å². The number of carbonyl (C=O) groups is 1. The molecule has 1 amide bonds. The van der Waals surface area contributed by atoms with Crippen molar-refractivity contribution in [3.63, 3.8) is 0 Å². The molecule has 1 aromatic rings. The topological polar surface area (TPSA) is 29.1 Å². The second-order valence-electron chi connectivity index (χ2n) is 5.81. The van der Waals surface area contributed by atoms with Crippen LogP contribution in [0.5, 0.6) is 0 Å². The standard InChI is InChI=1S/C16H22FNO/c1-12(16(2,3)4)18-15(19)7-5-6-13-8-10-14(17)11-9-13/h5-6,8-12H,7H2,1-4H3,(H,18,19)/b6-5+. The molecule has 3 heteroatoms. The third-order valence-corrected chi connectivity index (χ3v) is 3.16. The van der Waals surface area contributed by atoms with Gasteiger partial charge in [-0.15, -0.1) is 0 Å². The van der Waals surface area contributed by atoms with E-state index in [1.165, 1.54) is 12.1 Å². The number of carbonyl (C=O) groups excluding carboxylic acids is 1. The van der Waals surface area contributed by atoms with E-state index in [2.05, 4.69) is 26.1 Å². The van der Waals surface area contributed by atoms with Gasteiger partial charge < -0.3 is 5.32 Å². The molecule has 1 aromatic carbocycles. The second-order valence-corrected chi connectivity index (χ2v) is 5.81. The van der Waals surface area contributed by atoms with Gasteiger partial charge >= 0.3 is 0 Å². The third-order valence-electron chi connectivity index (χ3n) is 3.16. The minimum atomic E-state index is -0.256. The van der Waals surface area contributed by atoms with Crippen LogP contribution in [-0.2, 0) is 4.79 Å². The molecule has 0 heterocycles. The molecule has 1 rings (SSSR count). The lowest BCUT2D eigenvalue weighted by Crippen LogP contribution is -2.41. The summed E-state index contributed by atoms with van der Waals surface area (Å²) in [6, 6.07) is 6.30. The van der Waals surface area contributed by atoms with Gasteiger partial charge in [-0.3, -0.25) is 4.79 Å². The summed E-state index contributed by atoms with van der Waals surface area (Å²) in [5, 5.41) is 2.97. The molecule has 0 saturated carbocycles. The van der Waals surface area contributed by atoms with Crippen LogP contribution in [0, 0.1) is 11.2 Å². The number of rotatable bonds is 4. The molecule has 0 fully saturated rings. The highest BCUT2D eigenvalue weighted by Gasteiger charge is 2.20. The first kappa shape index (κ1) is 15.4. The van der Waals surface area contributed by atoms with Crippen molar-refractivity contribution in [1.29, 1.82) is 0 Å². The van der Waals surface area contributed by atoms with E-state index < -0.39 is 0 Å². The molecular formula is C16H22FNO. The molecular weight excluding hydrogens is 241 g/mol. The van der Waals surface area contributed by atoms with Gasteiger partial charge in [0, 0.05) is 12.5 Å². The van der Waals surface area contributed by atoms with Gasteiger partial charge in [0.2, 0.25) is 5.91 Å². The Labute approximate surface area is 114 Å². The predicted molar refractivity (Wildman–Crippen MR) is 77.1 cm³/mol. The van der Waals surface area contributed by atoms with Crippen molar-refractivity contribution in [1.82, 2.24) is 5.32 Å². The largest absolute Gasteiger partial charge is 0.353 e. The third kappa shape index (κ3) is 5.69. The predicted octanol–water partition coefficient (Wildman–Crippen LogP) is 3.78. The van der Waals surface area contributed by atoms with Crippen molar-refractivity contribution in [2.45, 2.75) is 40.2 Å². The average molecular weight is 263 g/mol. The molecule has 19 heavy (non-hydrogen) atoms. The zero-order valence-corrected chi connectivity index (χ0v) is 12.0. The van der Waals surface area contributed by atoms with E-state index >= 15 is 0 Å². The Kier molecular flexibility index (Phi) is 5.28. The number of nitrogens with one attached hydrogen (secondary N) is 1. The van der Waals surface area contributed by atoms with Crippen LogP contribution in [0.25, 0.3) is 6.08 Å². The zero-order valence-electron chi connectivity index (χ0n) is 12.0. The van der Waals surface area contributed by atoms with Gasteiger partial charge in [0.05, 0.1) is 0 Å². The molecule has 0 aromatic heterocycles. The maximum Gasteiger partial charge on any atom is 0.224 e. The van der Waals surface area contributed by atoms with Crippen LogP contribution in [0.15, 0.2) is 30.3 Å². The van der Waals surface area contributed by atoms with Crippen LogP contribution in [0.4, 0.5) is 4.39 Å². The highest BCUT2D eigenvalue weighted by Crippen LogP contribution is 2.18. The molecule has 0 spiro atoms. The van der Waals surface area contributed by atoms with E-state index in [4.69, 9.17) is 0 Å². The lowest BCUT2D eigenvalue weighted by atomic mass is 9.88. The summed E-state index contributed by atoms with van der Waals surface area (Å²) in [6.07, 6.45) is 3.94. The lowest BCUT2D eigenvalue weighted by Gasteiger charge is -2.27. The van der Waals surface area contributed by atoms with Gasteiger partial charge in [-0.25, -0.2) is 4.39 Å². The highest BCUT2D eigenvalue weighted by molar-refractivity contribution is 5.78. The van der Waals surface area contributed by atoms with Gasteiger partial charge in [0.1, 0.15) is 5.82 Å². The quantitative estimate of drug-likeness (QED) is 0.880. The van der Waals surface area contributed by atoms with E-state index in [0.29, 0.717) is 6.42 Å². The van der Waals surface area contributed by atoms with Crippen molar-refractivity contribution in [3.05, 3.63) is 41.7 Å². The maximum atomic E-state index is 12.7. The van der Waals surface area contributed by atoms with Gasteiger partial charge in [0.15, 0.2) is 0 Å². The van der Waals surface area contributed by atoms with Crippen LogP contribution < -0.4 is 5.32 Å². The fraction of sp³-hybridized carbons (Fsp3) is 0.438. The minimum absolute atomic E-state index is 0.000728. The summed E-state index contributed by atoms with van der Waals surface area (Å²) in [5.41, 5.74) is 0.939. The minimum Gasteiger partial charge on any atom is -0.353 e. The summed E-state index contributed by atoms with van der Waals surface area (Å²) >= 11 is 0. The van der Waals surface area contributed by atoms with Crippen molar-refractivity contribution in [2.75, 3.05) is 0 Å². The van der Waals surface area contributed by atoms with E-state index in [1.54, 1.807) is 18.2 Å². The Balaban J connectivity index is 2.44. The van der Waals surface area contributed by atoms with Gasteiger partial charge in [-0.2, -0.15) is 0 Å². The Bertz CT molecular complexity index is 443. The highest BCUT2D eigenvalue weighted by atomic mass is 19.1. The SMILES string of the molecule is CC(NC(=O)C/C=C/c1ccc(F)cc1)C(C)(C)C. The van der Waals surface area contributed by atoms with Gasteiger partial charge in [-0.05, 0) is 30.0 Å². The Morgan fingerprint density at radius 3 is 2.42 bits per heavy atom. The molecule has 2 nitrogen and oxygen atoms in total. The molecule has 0 bridgehead atoms. The van der Waals surface area contributed by atoms with E-state index in [-0.39, 0.29) is 23.2 Å². The van der Waals surface area contributed by atoms with Crippen molar-refractivity contribution >= 4 is 12.0 Å². The molecule has 0 aliphatic rings. The molecule has 0 radical (unpaired) electrons. The van der Waals surface area contributed by atoms with Crippen LogP contribution in [0.2, 0.25) is 0 Å². The first-order valence-corrected chi connectivity index (χ1v) is 6.50. The van der Waals surface area contributed by atoms with Crippen LogP contribution in [0.3, 0.4) is 0 Å². The number of hydrogen-bond donors (Lipinski definition) is 1. The van der Waals surface area contributed by atoms with Crippen molar-refractivity contribution in [2.24, 2.45) is 5.41 Å². The Hall–Kier alpha value is -1.64. The number of amides is 1. The van der Waals surface area contributed by atoms with Crippen LogP contribution >= 0.6 is 0 Å². The molecule has 0 aliphatic heterocycles. The van der Waals surface area contributed by atoms with Crippen molar-refractivity contribution in [3.8, 4) is 0 Å². The zero-order chi connectivity index (χ0) is 14.5. The number of halogens is 1. The number of benzene rings is 1. The normalized spacial score (nSPS) is 13.5. The lowest BCUT2D eigenvalue weighted by molar-refractivity contribution is -0.121. The van der Waals surface area contributed by atoms with Crippen LogP contribution in [-0.4, -0.2) is 11.9 Å². The molecule has 1 N–H and O–H groups in total. The van der Waals surface area contributed by atoms with Gasteiger partial charge in [-0.1, -0.05) is 45.1 Å². The second kappa shape index (κ2) is 6.50. The Morgan fingerprint density at radius 2 is 1.89 bits per heavy atom. The molecule has 0 saturated heterocycles. The molecule has 0 aliphatic carbocycles. The summed E-state index contributed by atoms with van der Waals surface area (Å²) in [7, 11) is 0. The summed E-state index contributed by atoms with van der Waals surface area (Å²) in [5.74, 6) is -0.255. The fourth-order valence-corrected chi connectivity index (χ4v) is 1.39. The Morgan fingerprint density at radius 1 is 1.32 bits per heavy atom. The molecule has 104 valence electrons. The smallest absolute Gasteiger partial charge is 0.224 e. The molecule has 1 unspecified atom stereocenters. The first-order valence-electron chi connectivity index (χ1n) is 6.50. The number of hydrogen-bond acceptors (Lipinski definition) is 1.